The fraction of sp³-hybridized carbons (Fsp3) is 0.391. The first kappa shape index (κ1) is 24.7. The van der Waals surface area contributed by atoms with Gasteiger partial charge in [0.2, 0.25) is 5.91 Å². The number of morpholine rings is 1. The fourth-order valence-corrected chi connectivity index (χ4v) is 4.06. The number of nitrogens with zero attached hydrogens (tertiary/aromatic N) is 1. The summed E-state index contributed by atoms with van der Waals surface area (Å²) in [6, 6.07) is 11.9. The lowest BCUT2D eigenvalue weighted by atomic mass is 9.75. The number of nitrogens with one attached hydrogen (secondary N) is 1. The van der Waals surface area contributed by atoms with Gasteiger partial charge in [-0.2, -0.15) is 0 Å². The highest BCUT2D eigenvalue weighted by Gasteiger charge is 2.28. The van der Waals surface area contributed by atoms with Crippen LogP contribution in [0, 0.1) is 0 Å². The van der Waals surface area contributed by atoms with Crippen molar-refractivity contribution < 1.29 is 39.1 Å². The van der Waals surface area contributed by atoms with Crippen molar-refractivity contribution in [1.29, 1.82) is 0 Å². The van der Waals surface area contributed by atoms with Crippen molar-refractivity contribution in [2.45, 2.75) is 25.3 Å². The van der Waals surface area contributed by atoms with Crippen LogP contribution < -0.4 is 5.32 Å². The molecule has 1 saturated heterocycles. The first-order chi connectivity index (χ1) is 15.7. The largest absolute Gasteiger partial charge is 0.507 e. The van der Waals surface area contributed by atoms with Gasteiger partial charge in [0, 0.05) is 5.56 Å². The lowest BCUT2D eigenvalue weighted by Crippen LogP contribution is -2.51. The summed E-state index contributed by atoms with van der Waals surface area (Å²) >= 11 is 0. The number of ether oxygens (including phenoxy) is 1. The molecule has 2 aromatic rings. The Balaban J connectivity index is 1.65. The van der Waals surface area contributed by atoms with Crippen LogP contribution >= 0.6 is 0 Å². The Hall–Kier alpha value is -2.92. The molecule has 5 N–H and O–H groups in total. The predicted molar refractivity (Wildman–Crippen MR) is 121 cm³/mol. The molecule has 1 aliphatic heterocycles. The molecular weight excluding hydrogens is 427 g/mol. The first-order valence-electron chi connectivity index (χ1n) is 10.9. The van der Waals surface area contributed by atoms with Crippen molar-refractivity contribution in [2.24, 2.45) is 0 Å². The third-order valence-corrected chi connectivity index (χ3v) is 5.97. The molecule has 1 fully saturated rings. The molecule has 176 valence electrons. The van der Waals surface area contributed by atoms with Gasteiger partial charge in [-0.05, 0) is 29.7 Å². The minimum atomic E-state index is -1.89. The summed E-state index contributed by atoms with van der Waals surface area (Å²) in [4.78, 5) is 23.8. The minimum Gasteiger partial charge on any atom is -0.507 e. The van der Waals surface area contributed by atoms with Gasteiger partial charge >= 0.3 is 13.1 Å². The molecule has 1 atom stereocenters. The van der Waals surface area contributed by atoms with E-state index in [0.29, 0.717) is 0 Å². The average molecular weight is 457 g/mol. The number of quaternary nitrogens is 1. The molecule has 0 radical (unpaired) electrons. The van der Waals surface area contributed by atoms with E-state index in [-0.39, 0.29) is 24.0 Å². The number of carbonyl (C=O) groups excluding carboxylic acids is 1. The first-order valence-corrected chi connectivity index (χ1v) is 10.9. The second-order valence-corrected chi connectivity index (χ2v) is 8.74. The Bertz CT molecular complexity index is 993. The molecule has 0 aliphatic carbocycles. The number of carbonyl (C=O) groups is 2. The molecule has 33 heavy (non-hydrogen) atoms. The van der Waals surface area contributed by atoms with Gasteiger partial charge in [-0.15, -0.1) is 0 Å². The third-order valence-electron chi connectivity index (χ3n) is 5.97. The van der Waals surface area contributed by atoms with Crippen molar-refractivity contribution in [2.75, 3.05) is 33.4 Å². The smallest absolute Gasteiger partial charge is 0.475 e. The maximum Gasteiger partial charge on any atom is 0.475 e. The van der Waals surface area contributed by atoms with Gasteiger partial charge in [0.15, 0.2) is 0 Å². The van der Waals surface area contributed by atoms with Crippen LogP contribution in [0.5, 0.6) is 5.75 Å². The van der Waals surface area contributed by atoms with Crippen molar-refractivity contribution in [1.82, 2.24) is 5.32 Å². The number of aromatic carboxylic acids is 1. The Morgan fingerprint density at radius 3 is 2.45 bits per heavy atom. The summed E-state index contributed by atoms with van der Waals surface area (Å²) in [6.45, 7) is 4.15. The highest BCUT2D eigenvalue weighted by atomic mass is 16.5. The lowest BCUT2D eigenvalue weighted by Gasteiger charge is -2.37. The molecule has 0 bridgehead atoms. The van der Waals surface area contributed by atoms with Crippen molar-refractivity contribution in [3.05, 3.63) is 64.7 Å². The molecule has 1 aliphatic rings. The summed E-state index contributed by atoms with van der Waals surface area (Å²) in [5.41, 5.74) is 1.81. The number of para-hydroxylation sites is 1. The number of phenols is 1. The molecule has 10 heteroatoms. The molecule has 0 spiro atoms. The van der Waals surface area contributed by atoms with Crippen LogP contribution in [0.4, 0.5) is 0 Å². The lowest BCUT2D eigenvalue weighted by molar-refractivity contribution is -0.929. The quantitative estimate of drug-likeness (QED) is 0.271. The van der Waals surface area contributed by atoms with E-state index < -0.39 is 30.7 Å². The Labute approximate surface area is 193 Å². The van der Waals surface area contributed by atoms with Crippen molar-refractivity contribution in [3.63, 3.8) is 0 Å². The van der Waals surface area contributed by atoms with Crippen LogP contribution in [0.25, 0.3) is 0 Å². The Morgan fingerprint density at radius 2 is 1.79 bits per heavy atom. The molecule has 0 unspecified atom stereocenters. The monoisotopic (exact) mass is 457 g/mol. The minimum absolute atomic E-state index is 0.0467. The van der Waals surface area contributed by atoms with Crippen LogP contribution in [0.1, 0.15) is 27.0 Å². The zero-order valence-corrected chi connectivity index (χ0v) is 18.6. The molecule has 0 saturated carbocycles. The zero-order valence-electron chi connectivity index (χ0n) is 18.6. The number of carboxylic acid groups (broad SMARTS) is 1. The summed E-state index contributed by atoms with van der Waals surface area (Å²) in [5, 5.41) is 41.4. The van der Waals surface area contributed by atoms with E-state index in [4.69, 9.17) is 9.84 Å². The van der Waals surface area contributed by atoms with E-state index in [9.17, 15) is 24.7 Å². The van der Waals surface area contributed by atoms with Gasteiger partial charge in [-0.3, -0.25) is 4.79 Å². The van der Waals surface area contributed by atoms with Crippen LogP contribution in [-0.4, -0.2) is 83.0 Å². The average Bonchev–Trinajstić information content (AvgIpc) is 2.74. The number of carboxylic acids is 1. The van der Waals surface area contributed by atoms with Gasteiger partial charge in [0.25, 0.3) is 0 Å². The topological polar surface area (TPSA) is 136 Å². The maximum absolute atomic E-state index is 12.6. The Morgan fingerprint density at radius 1 is 1.12 bits per heavy atom. The number of benzene rings is 2. The molecule has 1 heterocycles. The second kappa shape index (κ2) is 10.8. The van der Waals surface area contributed by atoms with Crippen molar-refractivity contribution in [3.8, 4) is 5.75 Å². The van der Waals surface area contributed by atoms with Crippen molar-refractivity contribution >= 4 is 19.0 Å². The van der Waals surface area contributed by atoms with Crippen LogP contribution in [0.2, 0.25) is 0 Å². The molecule has 9 nitrogen and oxygen atoms in total. The fourth-order valence-electron chi connectivity index (χ4n) is 4.06. The normalized spacial score (nSPS) is 16.1. The van der Waals surface area contributed by atoms with Gasteiger partial charge in [-0.25, -0.2) is 4.79 Å². The number of rotatable bonds is 9. The summed E-state index contributed by atoms with van der Waals surface area (Å²) in [5.74, 6) is -3.29. The van der Waals surface area contributed by atoms with E-state index in [0.717, 1.165) is 48.5 Å². The Kier molecular flexibility index (Phi) is 8.09. The van der Waals surface area contributed by atoms with Crippen LogP contribution in [-0.2, 0) is 28.9 Å². The third kappa shape index (κ3) is 6.78. The second-order valence-electron chi connectivity index (χ2n) is 8.74. The summed E-state index contributed by atoms with van der Waals surface area (Å²) in [6.07, 6.45) is -0.0979. The summed E-state index contributed by atoms with van der Waals surface area (Å²) in [7, 11) is 0.295. The van der Waals surface area contributed by atoms with Gasteiger partial charge < -0.3 is 34.8 Å². The number of amides is 1. The van der Waals surface area contributed by atoms with Gasteiger partial charge in [0.05, 0.1) is 32.6 Å². The summed E-state index contributed by atoms with van der Waals surface area (Å²) < 4.78 is 6.32. The molecule has 0 aromatic heterocycles. The van der Waals surface area contributed by atoms with Crippen LogP contribution in [0.3, 0.4) is 0 Å². The number of aromatic hydroxyl groups is 1. The van der Waals surface area contributed by atoms with E-state index in [2.05, 4.69) is 12.4 Å². The SMILES string of the molecule is C[N+]1(Cc2cccc(CC(=O)N[C@@H](Cc3cccc(C(=O)O)c3O)B(O)O)c2)CCOCC1. The van der Waals surface area contributed by atoms with E-state index in [1.54, 1.807) is 0 Å². The van der Waals surface area contributed by atoms with E-state index in [1.165, 1.54) is 18.2 Å². The number of hydrogen-bond donors (Lipinski definition) is 5. The highest BCUT2D eigenvalue weighted by Crippen LogP contribution is 2.24. The number of hydrogen-bond acceptors (Lipinski definition) is 6. The predicted octanol–water partition coefficient (Wildman–Crippen LogP) is 0.349. The molecule has 3 rings (SSSR count). The zero-order chi connectivity index (χ0) is 24.0. The number of likely N-dealkylation sites (N-methyl/N-ethyl adjacent to an activating group) is 1. The van der Waals surface area contributed by atoms with E-state index >= 15 is 0 Å². The standard InChI is InChI=1S/C23H29BN2O7/c1-26(8-10-33-11-9-26)15-17-5-2-4-16(12-17)13-21(27)25-20(24(31)32)14-18-6-3-7-19(22(18)28)23(29)30/h2-7,12,20,31-32H,8-11,13-15H2,1H3,(H2-,25,27,28,29,30)/p+1/t20-/m0/s1. The van der Waals surface area contributed by atoms with E-state index in [1.807, 2.05) is 24.3 Å². The van der Waals surface area contributed by atoms with Gasteiger partial charge in [0.1, 0.15) is 30.9 Å². The maximum atomic E-state index is 12.6. The van der Waals surface area contributed by atoms with Crippen LogP contribution in [0.15, 0.2) is 42.5 Å². The molecular formula is C23H30BN2O7+. The highest BCUT2D eigenvalue weighted by molar-refractivity contribution is 6.43. The molecule has 1 amide bonds. The van der Waals surface area contributed by atoms with Gasteiger partial charge in [-0.1, -0.05) is 30.3 Å². The molecule has 2 aromatic carbocycles.